The SMILES string of the molecule is C#Cc1c(Br)ccc2ccccc12. The van der Waals surface area contributed by atoms with Gasteiger partial charge in [0, 0.05) is 10.0 Å². The summed E-state index contributed by atoms with van der Waals surface area (Å²) in [6, 6.07) is 12.1. The Bertz CT molecular complexity index is 492. The second-order valence-electron chi connectivity index (χ2n) is 2.79. The van der Waals surface area contributed by atoms with Gasteiger partial charge in [-0.25, -0.2) is 0 Å². The molecule has 1 heteroatoms. The minimum Gasteiger partial charge on any atom is -0.115 e. The van der Waals surface area contributed by atoms with E-state index in [4.69, 9.17) is 6.42 Å². The number of hydrogen-bond acceptors (Lipinski definition) is 0. The first kappa shape index (κ1) is 8.34. The summed E-state index contributed by atoms with van der Waals surface area (Å²) in [6.07, 6.45) is 5.44. The first-order valence-electron chi connectivity index (χ1n) is 3.97. The molecule has 0 saturated carbocycles. The fourth-order valence-electron chi connectivity index (χ4n) is 1.39. The fraction of sp³-hybridized carbons (Fsp3) is 0. The van der Waals surface area contributed by atoms with Crippen LogP contribution in [0.25, 0.3) is 10.8 Å². The van der Waals surface area contributed by atoms with E-state index in [1.165, 1.54) is 5.39 Å². The molecule has 0 bridgehead atoms. The maximum atomic E-state index is 5.44. The van der Waals surface area contributed by atoms with E-state index in [1.807, 2.05) is 24.3 Å². The van der Waals surface area contributed by atoms with Crippen molar-refractivity contribution in [1.82, 2.24) is 0 Å². The van der Waals surface area contributed by atoms with Gasteiger partial charge in [-0.3, -0.25) is 0 Å². The Morgan fingerprint density at radius 1 is 1.08 bits per heavy atom. The van der Waals surface area contributed by atoms with Gasteiger partial charge in [-0.05, 0) is 32.8 Å². The highest BCUT2D eigenvalue weighted by atomic mass is 79.9. The van der Waals surface area contributed by atoms with Crippen LogP contribution in [0.1, 0.15) is 5.56 Å². The Morgan fingerprint density at radius 2 is 1.85 bits per heavy atom. The molecule has 0 aromatic heterocycles. The Hall–Kier alpha value is -1.26. The van der Waals surface area contributed by atoms with E-state index in [1.54, 1.807) is 0 Å². The molecule has 0 radical (unpaired) electrons. The molecule has 0 spiro atoms. The molecule has 0 fully saturated rings. The van der Waals surface area contributed by atoms with Gasteiger partial charge in [0.05, 0.1) is 0 Å². The van der Waals surface area contributed by atoms with Crippen LogP contribution in [0.2, 0.25) is 0 Å². The Labute approximate surface area is 85.7 Å². The molecule has 0 N–H and O–H groups in total. The molecule has 0 saturated heterocycles. The number of halogens is 1. The van der Waals surface area contributed by atoms with Crippen LogP contribution in [0.4, 0.5) is 0 Å². The van der Waals surface area contributed by atoms with Crippen LogP contribution >= 0.6 is 15.9 Å². The number of benzene rings is 2. The minimum absolute atomic E-state index is 0.929. The van der Waals surface area contributed by atoms with Crippen molar-refractivity contribution < 1.29 is 0 Å². The lowest BCUT2D eigenvalue weighted by molar-refractivity contribution is 1.65. The maximum absolute atomic E-state index is 5.44. The van der Waals surface area contributed by atoms with Gasteiger partial charge in [0.1, 0.15) is 0 Å². The van der Waals surface area contributed by atoms with Gasteiger partial charge in [-0.2, -0.15) is 0 Å². The number of terminal acetylenes is 1. The zero-order chi connectivity index (χ0) is 9.26. The standard InChI is InChI=1S/C12H7Br/c1-2-10-11-6-4-3-5-9(11)7-8-12(10)13/h1,3-8H. The zero-order valence-corrected chi connectivity index (χ0v) is 8.51. The quantitative estimate of drug-likeness (QED) is 0.608. The van der Waals surface area contributed by atoms with Crippen molar-refractivity contribution in [3.05, 3.63) is 46.4 Å². The van der Waals surface area contributed by atoms with Gasteiger partial charge in [0.15, 0.2) is 0 Å². The first-order valence-corrected chi connectivity index (χ1v) is 4.76. The lowest BCUT2D eigenvalue weighted by Crippen LogP contribution is -1.80. The molecule has 0 unspecified atom stereocenters. The molecule has 0 aliphatic carbocycles. The fourth-order valence-corrected chi connectivity index (χ4v) is 1.85. The number of hydrogen-bond donors (Lipinski definition) is 0. The second kappa shape index (κ2) is 3.24. The van der Waals surface area contributed by atoms with Crippen molar-refractivity contribution in [3.63, 3.8) is 0 Å². The van der Waals surface area contributed by atoms with Crippen molar-refractivity contribution in [3.8, 4) is 12.3 Å². The third kappa shape index (κ3) is 1.34. The minimum atomic E-state index is 0.929. The predicted octanol–water partition coefficient (Wildman–Crippen LogP) is 3.58. The van der Waals surface area contributed by atoms with Gasteiger partial charge >= 0.3 is 0 Å². The normalized spacial score (nSPS) is 9.85. The topological polar surface area (TPSA) is 0 Å². The smallest absolute Gasteiger partial charge is 0.0463 e. The number of rotatable bonds is 0. The molecule has 13 heavy (non-hydrogen) atoms. The summed E-state index contributed by atoms with van der Waals surface area (Å²) in [5, 5.41) is 2.30. The monoisotopic (exact) mass is 230 g/mol. The summed E-state index contributed by atoms with van der Waals surface area (Å²) >= 11 is 3.44. The van der Waals surface area contributed by atoms with E-state index in [-0.39, 0.29) is 0 Å². The van der Waals surface area contributed by atoms with Crippen molar-refractivity contribution in [1.29, 1.82) is 0 Å². The van der Waals surface area contributed by atoms with Gasteiger partial charge in [0.25, 0.3) is 0 Å². The van der Waals surface area contributed by atoms with E-state index >= 15 is 0 Å². The van der Waals surface area contributed by atoms with E-state index in [0.717, 1.165) is 15.4 Å². The molecule has 0 amide bonds. The van der Waals surface area contributed by atoms with E-state index in [2.05, 4.69) is 34.0 Å². The lowest BCUT2D eigenvalue weighted by atomic mass is 10.1. The summed E-state index contributed by atoms with van der Waals surface area (Å²) in [5.74, 6) is 2.69. The lowest BCUT2D eigenvalue weighted by Gasteiger charge is -2.02. The molecule has 0 aliphatic rings. The predicted molar refractivity (Wildman–Crippen MR) is 59.6 cm³/mol. The average molecular weight is 231 g/mol. The van der Waals surface area contributed by atoms with Crippen LogP contribution in [0.5, 0.6) is 0 Å². The summed E-state index contributed by atoms with van der Waals surface area (Å²) in [7, 11) is 0. The van der Waals surface area contributed by atoms with Crippen LogP contribution < -0.4 is 0 Å². The highest BCUT2D eigenvalue weighted by molar-refractivity contribution is 9.10. The van der Waals surface area contributed by atoms with Crippen LogP contribution in [0.3, 0.4) is 0 Å². The molecular formula is C12H7Br. The number of fused-ring (bicyclic) bond motifs is 1. The average Bonchev–Trinajstić information content (AvgIpc) is 2.18. The molecule has 0 aliphatic heterocycles. The van der Waals surface area contributed by atoms with Crippen molar-refractivity contribution in [2.24, 2.45) is 0 Å². The third-order valence-corrected chi connectivity index (χ3v) is 2.68. The Balaban J connectivity index is 2.94. The molecule has 0 nitrogen and oxygen atoms in total. The maximum Gasteiger partial charge on any atom is 0.0463 e. The van der Waals surface area contributed by atoms with Crippen LogP contribution in [0, 0.1) is 12.3 Å². The van der Waals surface area contributed by atoms with Gasteiger partial charge in [-0.15, -0.1) is 6.42 Å². The summed E-state index contributed by atoms with van der Waals surface area (Å²) in [6.45, 7) is 0. The van der Waals surface area contributed by atoms with Crippen molar-refractivity contribution in [2.75, 3.05) is 0 Å². The van der Waals surface area contributed by atoms with Gasteiger partial charge in [-0.1, -0.05) is 36.3 Å². The molecular weight excluding hydrogens is 224 g/mol. The first-order chi connectivity index (χ1) is 6.33. The van der Waals surface area contributed by atoms with Crippen LogP contribution in [-0.2, 0) is 0 Å². The Morgan fingerprint density at radius 3 is 2.62 bits per heavy atom. The summed E-state index contributed by atoms with van der Waals surface area (Å²) in [4.78, 5) is 0. The molecule has 0 heterocycles. The van der Waals surface area contributed by atoms with Crippen LogP contribution in [-0.4, -0.2) is 0 Å². The van der Waals surface area contributed by atoms with Gasteiger partial charge < -0.3 is 0 Å². The highest BCUT2D eigenvalue weighted by Gasteiger charge is 2.01. The van der Waals surface area contributed by atoms with E-state index < -0.39 is 0 Å². The molecule has 2 rings (SSSR count). The van der Waals surface area contributed by atoms with Crippen LogP contribution in [0.15, 0.2) is 40.9 Å². The molecule has 2 aromatic carbocycles. The molecule has 0 atom stereocenters. The summed E-state index contributed by atoms with van der Waals surface area (Å²) < 4.78 is 0.980. The molecule has 62 valence electrons. The zero-order valence-electron chi connectivity index (χ0n) is 6.92. The largest absolute Gasteiger partial charge is 0.115 e. The van der Waals surface area contributed by atoms with E-state index in [0.29, 0.717) is 0 Å². The summed E-state index contributed by atoms with van der Waals surface area (Å²) in [5.41, 5.74) is 0.929. The van der Waals surface area contributed by atoms with Crippen molar-refractivity contribution >= 4 is 26.7 Å². The Kier molecular flexibility index (Phi) is 2.08. The van der Waals surface area contributed by atoms with Crippen molar-refractivity contribution in [2.45, 2.75) is 0 Å². The highest BCUT2D eigenvalue weighted by Crippen LogP contribution is 2.25. The van der Waals surface area contributed by atoms with E-state index in [9.17, 15) is 0 Å². The second-order valence-corrected chi connectivity index (χ2v) is 3.64. The van der Waals surface area contributed by atoms with Gasteiger partial charge in [0.2, 0.25) is 0 Å². The third-order valence-electron chi connectivity index (χ3n) is 2.02. The molecule has 2 aromatic rings.